The maximum Gasteiger partial charge on any atom is 0.251 e. The van der Waals surface area contributed by atoms with Gasteiger partial charge in [0.05, 0.1) is 31.8 Å². The Morgan fingerprint density at radius 2 is 1.97 bits per heavy atom. The van der Waals surface area contributed by atoms with Crippen molar-refractivity contribution in [2.45, 2.75) is 18.8 Å². The number of methoxy groups -OCH3 is 2. The minimum absolute atomic E-state index is 0.0555. The molecule has 2 N–H and O–H groups in total. The first-order valence-electron chi connectivity index (χ1n) is 10.3. The summed E-state index contributed by atoms with van der Waals surface area (Å²) >= 11 is 0. The number of nitrogens with zero attached hydrogens (tertiary/aromatic N) is 2. The zero-order valence-corrected chi connectivity index (χ0v) is 17.7. The van der Waals surface area contributed by atoms with Gasteiger partial charge in [-0.15, -0.1) is 0 Å². The van der Waals surface area contributed by atoms with E-state index in [-0.39, 0.29) is 24.3 Å². The van der Waals surface area contributed by atoms with E-state index < -0.39 is 0 Å². The highest BCUT2D eigenvalue weighted by Crippen LogP contribution is 2.28. The second kappa shape index (κ2) is 9.07. The number of rotatable bonds is 6. The van der Waals surface area contributed by atoms with Crippen molar-refractivity contribution in [1.29, 1.82) is 0 Å². The summed E-state index contributed by atoms with van der Waals surface area (Å²) in [5.41, 5.74) is 2.34. The summed E-state index contributed by atoms with van der Waals surface area (Å²) in [5.74, 6) is 1.64. The average Bonchev–Trinajstić information content (AvgIpc) is 3.26. The van der Waals surface area contributed by atoms with E-state index in [0.29, 0.717) is 30.2 Å². The lowest BCUT2D eigenvalue weighted by molar-refractivity contribution is -0.131. The van der Waals surface area contributed by atoms with Crippen LogP contribution in [0.25, 0.3) is 11.0 Å². The van der Waals surface area contributed by atoms with E-state index in [1.807, 2.05) is 24.3 Å². The molecule has 0 bridgehead atoms. The van der Waals surface area contributed by atoms with Gasteiger partial charge in [-0.1, -0.05) is 12.1 Å². The number of likely N-dealkylation sites (tertiary alicyclic amines) is 1. The Balaban J connectivity index is 1.36. The summed E-state index contributed by atoms with van der Waals surface area (Å²) < 4.78 is 10.4. The monoisotopic (exact) mass is 422 g/mol. The number of ether oxygens (including phenoxy) is 2. The summed E-state index contributed by atoms with van der Waals surface area (Å²) in [6.45, 7) is 1.21. The third-order valence-corrected chi connectivity index (χ3v) is 5.61. The van der Waals surface area contributed by atoms with Gasteiger partial charge in [0, 0.05) is 24.6 Å². The molecule has 1 fully saturated rings. The number of hydrogen-bond acceptors (Lipinski definition) is 5. The zero-order valence-electron chi connectivity index (χ0n) is 17.7. The fourth-order valence-corrected chi connectivity index (χ4v) is 3.94. The van der Waals surface area contributed by atoms with Crippen LogP contribution in [0.15, 0.2) is 42.5 Å². The van der Waals surface area contributed by atoms with Crippen LogP contribution in [0.5, 0.6) is 11.5 Å². The van der Waals surface area contributed by atoms with Crippen molar-refractivity contribution < 1.29 is 19.1 Å². The lowest BCUT2D eigenvalue weighted by Crippen LogP contribution is -2.44. The second-order valence-electron chi connectivity index (χ2n) is 7.57. The third-order valence-electron chi connectivity index (χ3n) is 5.61. The predicted molar refractivity (Wildman–Crippen MR) is 117 cm³/mol. The number of benzene rings is 2. The summed E-state index contributed by atoms with van der Waals surface area (Å²) in [4.78, 5) is 35.1. The molecule has 0 unspecified atom stereocenters. The van der Waals surface area contributed by atoms with E-state index in [1.165, 1.54) is 14.2 Å². The molecule has 1 saturated heterocycles. The van der Waals surface area contributed by atoms with Gasteiger partial charge in [0.25, 0.3) is 5.91 Å². The molecule has 2 amide bonds. The molecule has 31 heavy (non-hydrogen) atoms. The van der Waals surface area contributed by atoms with Crippen LogP contribution in [-0.2, 0) is 4.79 Å². The standard InChI is InChI=1S/C23H26N4O4/c1-30-19-10-9-15(12-20(19)31-2)23(29)24-13-21(28)27-11-5-6-16(14-27)22-25-17-7-3-4-8-18(17)26-22/h3-4,7-10,12,16H,5-6,11,13-14H2,1-2H3,(H,24,29)(H,25,26)/t16-/m0/s1. The first-order chi connectivity index (χ1) is 15.1. The van der Waals surface area contributed by atoms with Gasteiger partial charge in [0.2, 0.25) is 5.91 Å². The van der Waals surface area contributed by atoms with Crippen molar-refractivity contribution in [3.05, 3.63) is 53.9 Å². The van der Waals surface area contributed by atoms with E-state index in [2.05, 4.69) is 15.3 Å². The Labute approximate surface area is 180 Å². The number of H-pyrrole nitrogens is 1. The van der Waals surface area contributed by atoms with E-state index >= 15 is 0 Å². The molecule has 1 atom stereocenters. The number of fused-ring (bicyclic) bond motifs is 1. The number of amides is 2. The van der Waals surface area contributed by atoms with Crippen molar-refractivity contribution >= 4 is 22.8 Å². The van der Waals surface area contributed by atoms with Crippen LogP contribution in [-0.4, -0.2) is 60.5 Å². The number of imidazole rings is 1. The molecule has 0 aliphatic carbocycles. The van der Waals surface area contributed by atoms with Gasteiger partial charge < -0.3 is 24.7 Å². The Kier molecular flexibility index (Phi) is 6.06. The lowest BCUT2D eigenvalue weighted by atomic mass is 9.97. The van der Waals surface area contributed by atoms with Crippen molar-refractivity contribution in [3.63, 3.8) is 0 Å². The SMILES string of the molecule is COc1ccc(C(=O)NCC(=O)N2CCC[C@H](c3nc4ccccc4[nH]3)C2)cc1OC. The topological polar surface area (TPSA) is 96.5 Å². The molecule has 1 aromatic heterocycles. The van der Waals surface area contributed by atoms with Gasteiger partial charge in [-0.2, -0.15) is 0 Å². The number of piperidine rings is 1. The quantitative estimate of drug-likeness (QED) is 0.637. The highest BCUT2D eigenvalue weighted by atomic mass is 16.5. The summed E-state index contributed by atoms with van der Waals surface area (Å²) in [6, 6.07) is 12.8. The number of aromatic amines is 1. The minimum Gasteiger partial charge on any atom is -0.493 e. The molecule has 1 aliphatic heterocycles. The average molecular weight is 422 g/mol. The van der Waals surface area contributed by atoms with Gasteiger partial charge in [0.15, 0.2) is 11.5 Å². The first kappa shape index (κ1) is 20.7. The molecule has 8 heteroatoms. The molecule has 4 rings (SSSR count). The maximum atomic E-state index is 12.7. The van der Waals surface area contributed by atoms with E-state index in [4.69, 9.17) is 9.47 Å². The van der Waals surface area contributed by atoms with Crippen LogP contribution < -0.4 is 14.8 Å². The predicted octanol–water partition coefficient (Wildman–Crippen LogP) is 2.72. The normalized spacial score (nSPS) is 16.2. The first-order valence-corrected chi connectivity index (χ1v) is 10.3. The van der Waals surface area contributed by atoms with E-state index in [0.717, 1.165) is 29.7 Å². The summed E-state index contributed by atoms with van der Waals surface area (Å²) in [5, 5.41) is 2.71. The van der Waals surface area contributed by atoms with Gasteiger partial charge in [-0.05, 0) is 43.2 Å². The zero-order chi connectivity index (χ0) is 21.8. The Morgan fingerprint density at radius 3 is 2.74 bits per heavy atom. The van der Waals surface area contributed by atoms with Crippen LogP contribution in [0.1, 0.15) is 34.9 Å². The number of aromatic nitrogens is 2. The molecule has 162 valence electrons. The summed E-state index contributed by atoms with van der Waals surface area (Å²) in [7, 11) is 3.05. The maximum absolute atomic E-state index is 12.7. The molecule has 0 radical (unpaired) electrons. The van der Waals surface area contributed by atoms with Gasteiger partial charge in [-0.3, -0.25) is 9.59 Å². The van der Waals surface area contributed by atoms with Gasteiger partial charge in [0.1, 0.15) is 5.82 Å². The van der Waals surface area contributed by atoms with Crippen LogP contribution in [0.4, 0.5) is 0 Å². The molecule has 0 spiro atoms. The van der Waals surface area contributed by atoms with Gasteiger partial charge >= 0.3 is 0 Å². The number of hydrogen-bond donors (Lipinski definition) is 2. The van der Waals surface area contributed by atoms with E-state index in [9.17, 15) is 9.59 Å². The Morgan fingerprint density at radius 1 is 1.16 bits per heavy atom. The summed E-state index contributed by atoms with van der Waals surface area (Å²) in [6.07, 6.45) is 1.87. The fourth-order valence-electron chi connectivity index (χ4n) is 3.94. The minimum atomic E-state index is -0.333. The van der Waals surface area contributed by atoms with Crippen LogP contribution in [0.2, 0.25) is 0 Å². The van der Waals surface area contributed by atoms with E-state index in [1.54, 1.807) is 23.1 Å². The molecule has 0 saturated carbocycles. The Bertz CT molecular complexity index is 1060. The molecule has 3 aromatic rings. The highest BCUT2D eigenvalue weighted by molar-refractivity contribution is 5.97. The van der Waals surface area contributed by atoms with Crippen LogP contribution >= 0.6 is 0 Å². The molecule has 1 aliphatic rings. The number of nitrogens with one attached hydrogen (secondary N) is 2. The molecule has 2 heterocycles. The lowest BCUT2D eigenvalue weighted by Gasteiger charge is -2.32. The third kappa shape index (κ3) is 4.47. The molecule has 2 aromatic carbocycles. The van der Waals surface area contributed by atoms with Crippen molar-refractivity contribution in [2.24, 2.45) is 0 Å². The molecule has 8 nitrogen and oxygen atoms in total. The number of carbonyl (C=O) groups excluding carboxylic acids is 2. The van der Waals surface area contributed by atoms with Crippen LogP contribution in [0.3, 0.4) is 0 Å². The second-order valence-corrected chi connectivity index (χ2v) is 7.57. The molecular weight excluding hydrogens is 396 g/mol. The smallest absolute Gasteiger partial charge is 0.251 e. The fraction of sp³-hybridized carbons (Fsp3) is 0.348. The van der Waals surface area contributed by atoms with Gasteiger partial charge in [-0.25, -0.2) is 4.98 Å². The largest absolute Gasteiger partial charge is 0.493 e. The number of carbonyl (C=O) groups is 2. The number of para-hydroxylation sites is 2. The van der Waals surface area contributed by atoms with Crippen molar-refractivity contribution in [1.82, 2.24) is 20.2 Å². The molecular formula is C23H26N4O4. The highest BCUT2D eigenvalue weighted by Gasteiger charge is 2.27. The Hall–Kier alpha value is -3.55. The van der Waals surface area contributed by atoms with Crippen LogP contribution in [0, 0.1) is 0 Å². The van der Waals surface area contributed by atoms with Crippen molar-refractivity contribution in [3.8, 4) is 11.5 Å². The van der Waals surface area contributed by atoms with Crippen molar-refractivity contribution in [2.75, 3.05) is 33.9 Å².